The SMILES string of the molecule is CN(C)CCCNC(=O)C(=O)Nc1ccccc1[N+](=O)[O-]. The van der Waals surface area contributed by atoms with Crippen LogP contribution in [0, 0.1) is 10.1 Å². The number of anilines is 1. The molecule has 1 aromatic rings. The first-order valence-electron chi connectivity index (χ1n) is 6.39. The lowest BCUT2D eigenvalue weighted by Gasteiger charge is -2.10. The summed E-state index contributed by atoms with van der Waals surface area (Å²) in [6, 6.07) is 5.65. The van der Waals surface area contributed by atoms with Gasteiger partial charge in [-0.1, -0.05) is 12.1 Å². The predicted octanol–water partition coefficient (Wildman–Crippen LogP) is 0.601. The standard InChI is InChI=1S/C13H18N4O4/c1-16(2)9-5-8-14-12(18)13(19)15-10-6-3-4-7-11(10)17(20)21/h3-4,6-7H,5,8-9H2,1-2H3,(H,14,18)(H,15,19). The lowest BCUT2D eigenvalue weighted by Crippen LogP contribution is -2.36. The Balaban J connectivity index is 2.53. The second kappa shape index (κ2) is 7.95. The van der Waals surface area contributed by atoms with Crippen LogP contribution in [0.2, 0.25) is 0 Å². The Morgan fingerprint density at radius 1 is 1.24 bits per heavy atom. The second-order valence-corrected chi connectivity index (χ2v) is 4.64. The summed E-state index contributed by atoms with van der Waals surface area (Å²) in [6.07, 6.45) is 0.706. The number of amides is 2. The Kier molecular flexibility index (Phi) is 6.28. The van der Waals surface area contributed by atoms with Crippen molar-refractivity contribution in [1.82, 2.24) is 10.2 Å². The fraction of sp³-hybridized carbons (Fsp3) is 0.385. The average molecular weight is 294 g/mol. The first kappa shape index (κ1) is 16.6. The highest BCUT2D eigenvalue weighted by atomic mass is 16.6. The van der Waals surface area contributed by atoms with E-state index in [2.05, 4.69) is 10.6 Å². The third-order valence-electron chi connectivity index (χ3n) is 2.62. The molecule has 2 amide bonds. The average Bonchev–Trinajstić information content (AvgIpc) is 2.43. The van der Waals surface area contributed by atoms with Crippen LogP contribution in [0.5, 0.6) is 0 Å². The van der Waals surface area contributed by atoms with Crippen molar-refractivity contribution < 1.29 is 14.5 Å². The number of benzene rings is 1. The largest absolute Gasteiger partial charge is 0.348 e. The van der Waals surface area contributed by atoms with Crippen LogP contribution in [0.15, 0.2) is 24.3 Å². The quantitative estimate of drug-likeness (QED) is 0.346. The molecule has 0 aliphatic rings. The van der Waals surface area contributed by atoms with Crippen molar-refractivity contribution in [2.75, 3.05) is 32.5 Å². The van der Waals surface area contributed by atoms with Crippen molar-refractivity contribution >= 4 is 23.2 Å². The van der Waals surface area contributed by atoms with Gasteiger partial charge in [0.2, 0.25) is 0 Å². The zero-order chi connectivity index (χ0) is 15.8. The van der Waals surface area contributed by atoms with E-state index >= 15 is 0 Å². The van der Waals surface area contributed by atoms with Crippen molar-refractivity contribution in [1.29, 1.82) is 0 Å². The van der Waals surface area contributed by atoms with E-state index in [1.807, 2.05) is 19.0 Å². The molecule has 0 saturated heterocycles. The van der Waals surface area contributed by atoms with Gasteiger partial charge < -0.3 is 15.5 Å². The van der Waals surface area contributed by atoms with E-state index in [0.29, 0.717) is 13.0 Å². The summed E-state index contributed by atoms with van der Waals surface area (Å²) < 4.78 is 0. The number of nitro benzene ring substituents is 1. The molecule has 0 bridgehead atoms. The third-order valence-corrected chi connectivity index (χ3v) is 2.62. The van der Waals surface area contributed by atoms with Crippen LogP contribution in [0.4, 0.5) is 11.4 Å². The summed E-state index contributed by atoms with van der Waals surface area (Å²) in [5.41, 5.74) is -0.262. The van der Waals surface area contributed by atoms with Gasteiger partial charge in [0.05, 0.1) is 4.92 Å². The first-order chi connectivity index (χ1) is 9.91. The number of nitro groups is 1. The molecule has 0 aromatic heterocycles. The topological polar surface area (TPSA) is 105 Å². The summed E-state index contributed by atoms with van der Waals surface area (Å²) in [5.74, 6) is -1.74. The number of rotatable bonds is 6. The van der Waals surface area contributed by atoms with E-state index < -0.39 is 16.7 Å². The van der Waals surface area contributed by atoms with Crippen LogP contribution in [0.3, 0.4) is 0 Å². The molecule has 0 aliphatic heterocycles. The van der Waals surface area contributed by atoms with Gasteiger partial charge in [0, 0.05) is 12.6 Å². The molecule has 21 heavy (non-hydrogen) atoms. The summed E-state index contributed by atoms with van der Waals surface area (Å²) in [5, 5.41) is 15.5. The number of nitrogens with one attached hydrogen (secondary N) is 2. The van der Waals surface area contributed by atoms with Gasteiger partial charge in [-0.25, -0.2) is 0 Å². The lowest BCUT2D eigenvalue weighted by molar-refractivity contribution is -0.383. The monoisotopic (exact) mass is 294 g/mol. The molecule has 0 heterocycles. The minimum absolute atomic E-state index is 0.00376. The van der Waals surface area contributed by atoms with Gasteiger partial charge in [0.15, 0.2) is 0 Å². The Bertz CT molecular complexity index is 531. The molecule has 0 atom stereocenters. The van der Waals surface area contributed by atoms with E-state index in [4.69, 9.17) is 0 Å². The molecule has 1 aromatic carbocycles. The summed E-state index contributed by atoms with van der Waals surface area (Å²) in [4.78, 5) is 35.4. The molecule has 2 N–H and O–H groups in total. The van der Waals surface area contributed by atoms with Gasteiger partial charge >= 0.3 is 11.8 Å². The highest BCUT2D eigenvalue weighted by Crippen LogP contribution is 2.22. The number of nitrogens with zero attached hydrogens (tertiary/aromatic N) is 2. The molecule has 0 radical (unpaired) electrons. The van der Waals surface area contributed by atoms with Crippen LogP contribution in [0.25, 0.3) is 0 Å². The molecule has 0 unspecified atom stereocenters. The first-order valence-corrected chi connectivity index (χ1v) is 6.39. The molecule has 114 valence electrons. The number of carbonyl (C=O) groups excluding carboxylic acids is 2. The maximum Gasteiger partial charge on any atom is 0.313 e. The van der Waals surface area contributed by atoms with Crippen LogP contribution in [-0.4, -0.2) is 48.8 Å². The van der Waals surface area contributed by atoms with Crippen molar-refractivity contribution in [2.45, 2.75) is 6.42 Å². The van der Waals surface area contributed by atoms with Crippen LogP contribution < -0.4 is 10.6 Å². The van der Waals surface area contributed by atoms with E-state index in [1.165, 1.54) is 24.3 Å². The van der Waals surface area contributed by atoms with Gasteiger partial charge in [-0.3, -0.25) is 19.7 Å². The Morgan fingerprint density at radius 2 is 1.90 bits per heavy atom. The minimum atomic E-state index is -0.922. The number of hydrogen-bond donors (Lipinski definition) is 2. The maximum atomic E-state index is 11.7. The van der Waals surface area contributed by atoms with Gasteiger partial charge in [0.25, 0.3) is 5.69 Å². The van der Waals surface area contributed by atoms with E-state index in [1.54, 1.807) is 0 Å². The van der Waals surface area contributed by atoms with Crippen molar-refractivity contribution in [3.8, 4) is 0 Å². The minimum Gasteiger partial charge on any atom is -0.348 e. The van der Waals surface area contributed by atoms with Crippen molar-refractivity contribution in [3.05, 3.63) is 34.4 Å². The van der Waals surface area contributed by atoms with Gasteiger partial charge in [-0.15, -0.1) is 0 Å². The fourth-order valence-corrected chi connectivity index (χ4v) is 1.60. The van der Waals surface area contributed by atoms with Crippen molar-refractivity contribution in [2.24, 2.45) is 0 Å². The number of para-hydroxylation sites is 2. The Hall–Kier alpha value is -2.48. The van der Waals surface area contributed by atoms with Gasteiger partial charge in [-0.2, -0.15) is 0 Å². The zero-order valence-corrected chi connectivity index (χ0v) is 12.0. The van der Waals surface area contributed by atoms with Crippen LogP contribution >= 0.6 is 0 Å². The maximum absolute atomic E-state index is 11.7. The molecule has 0 aliphatic carbocycles. The summed E-state index contributed by atoms with van der Waals surface area (Å²) in [7, 11) is 3.81. The number of carbonyl (C=O) groups is 2. The summed E-state index contributed by atoms with van der Waals surface area (Å²) >= 11 is 0. The molecule has 8 heteroatoms. The Morgan fingerprint density at radius 3 is 2.52 bits per heavy atom. The Labute approximate surface area is 122 Å². The smallest absolute Gasteiger partial charge is 0.313 e. The highest BCUT2D eigenvalue weighted by Gasteiger charge is 2.18. The van der Waals surface area contributed by atoms with E-state index in [0.717, 1.165) is 6.54 Å². The molecule has 1 rings (SSSR count). The lowest BCUT2D eigenvalue weighted by atomic mass is 10.2. The third kappa shape index (κ3) is 5.57. The van der Waals surface area contributed by atoms with Gasteiger partial charge in [0.1, 0.15) is 5.69 Å². The fourth-order valence-electron chi connectivity index (χ4n) is 1.60. The van der Waals surface area contributed by atoms with Crippen LogP contribution in [0.1, 0.15) is 6.42 Å². The summed E-state index contributed by atoms with van der Waals surface area (Å²) in [6.45, 7) is 1.15. The molecule has 0 saturated carbocycles. The normalized spacial score (nSPS) is 10.2. The van der Waals surface area contributed by atoms with Gasteiger partial charge in [-0.05, 0) is 33.1 Å². The van der Waals surface area contributed by atoms with E-state index in [9.17, 15) is 19.7 Å². The predicted molar refractivity (Wildman–Crippen MR) is 77.9 cm³/mol. The van der Waals surface area contributed by atoms with Crippen LogP contribution in [-0.2, 0) is 9.59 Å². The zero-order valence-electron chi connectivity index (χ0n) is 12.0. The molecule has 8 nitrogen and oxygen atoms in total. The second-order valence-electron chi connectivity index (χ2n) is 4.64. The van der Waals surface area contributed by atoms with E-state index in [-0.39, 0.29) is 11.4 Å². The van der Waals surface area contributed by atoms with Crippen molar-refractivity contribution in [3.63, 3.8) is 0 Å². The number of hydrogen-bond acceptors (Lipinski definition) is 5. The highest BCUT2D eigenvalue weighted by molar-refractivity contribution is 6.39. The molecule has 0 spiro atoms. The molecular weight excluding hydrogens is 276 g/mol. The molecule has 0 fully saturated rings. The molecular formula is C13H18N4O4.